The number of hydrogen-bond acceptors (Lipinski definition) is 1. The number of benzene rings is 1. The van der Waals surface area contributed by atoms with E-state index in [-0.39, 0.29) is 5.69 Å². The van der Waals surface area contributed by atoms with Crippen molar-refractivity contribution in [2.75, 3.05) is 0 Å². The molecule has 0 saturated heterocycles. The first-order chi connectivity index (χ1) is 6.74. The molecule has 0 N–H and O–H groups in total. The summed E-state index contributed by atoms with van der Waals surface area (Å²) in [5, 5.41) is 8.21. The number of nitrogens with zero attached hydrogens (tertiary/aromatic N) is 2. The first-order valence-electron chi connectivity index (χ1n) is 3.41. The molecule has 1 aromatic carbocycles. The SMILES string of the molecule is F[B-](F)(F)F.N#[N+]c1cc(Br)ccc1F. The smallest absolute Gasteiger partial charge is 0.418 e. The summed E-state index contributed by atoms with van der Waals surface area (Å²) in [7, 11) is -6.00. The molecule has 0 radical (unpaired) electrons. The van der Waals surface area contributed by atoms with Crippen molar-refractivity contribution in [2.24, 2.45) is 0 Å². The van der Waals surface area contributed by atoms with Crippen molar-refractivity contribution >= 4 is 28.9 Å². The van der Waals surface area contributed by atoms with Crippen LogP contribution in [0.25, 0.3) is 4.98 Å². The van der Waals surface area contributed by atoms with Crippen LogP contribution in [0, 0.1) is 11.2 Å². The lowest BCUT2D eigenvalue weighted by Gasteiger charge is -1.94. The van der Waals surface area contributed by atoms with Crippen molar-refractivity contribution < 1.29 is 21.7 Å². The second-order valence-electron chi connectivity index (χ2n) is 2.19. The Morgan fingerprint density at radius 2 is 1.67 bits per heavy atom. The standard InChI is InChI=1S/C6H3BrFN2.BF4/c7-4-1-2-5(8)6(3-4)10-9;2-1(3,4)5/h1-3H;/q+1;-1. The van der Waals surface area contributed by atoms with Gasteiger partial charge in [0, 0.05) is 4.47 Å². The average molecular weight is 289 g/mol. The van der Waals surface area contributed by atoms with Crippen LogP contribution in [0.15, 0.2) is 22.7 Å². The monoisotopic (exact) mass is 288 g/mol. The molecule has 0 saturated carbocycles. The number of rotatable bonds is 0. The molecule has 1 aromatic rings. The summed E-state index contributed by atoms with van der Waals surface area (Å²) in [6, 6.07) is 4.14. The highest BCUT2D eigenvalue weighted by atomic mass is 79.9. The lowest BCUT2D eigenvalue weighted by atomic mass is 10.3. The first kappa shape index (κ1) is 13.8. The Kier molecular flexibility index (Phi) is 5.21. The molecule has 0 spiro atoms. The predicted molar refractivity (Wildman–Crippen MR) is 49.0 cm³/mol. The van der Waals surface area contributed by atoms with Crippen LogP contribution in [0.3, 0.4) is 0 Å². The van der Waals surface area contributed by atoms with Crippen LogP contribution in [0.1, 0.15) is 0 Å². The van der Waals surface area contributed by atoms with E-state index in [0.717, 1.165) is 0 Å². The Balaban J connectivity index is 0.000000336. The molecule has 0 unspecified atom stereocenters. The number of halogens is 6. The molecule has 0 aliphatic carbocycles. The Morgan fingerprint density at radius 1 is 1.20 bits per heavy atom. The topological polar surface area (TPSA) is 28.1 Å². The van der Waals surface area contributed by atoms with Gasteiger partial charge in [0.1, 0.15) is 0 Å². The Bertz CT molecular complexity index is 369. The fraction of sp³-hybridized carbons (Fsp3) is 0. The van der Waals surface area contributed by atoms with Gasteiger partial charge >= 0.3 is 12.9 Å². The normalized spacial score (nSPS) is 9.93. The van der Waals surface area contributed by atoms with Gasteiger partial charge in [-0.3, -0.25) is 0 Å². The minimum atomic E-state index is -6.00. The highest BCUT2D eigenvalue weighted by Gasteiger charge is 2.20. The number of diazo groups is 1. The van der Waals surface area contributed by atoms with Gasteiger partial charge in [0.05, 0.1) is 6.07 Å². The maximum absolute atomic E-state index is 12.5. The molecule has 0 aliphatic heterocycles. The van der Waals surface area contributed by atoms with Crippen LogP contribution in [0.4, 0.5) is 27.3 Å². The molecule has 1 rings (SSSR count). The van der Waals surface area contributed by atoms with Gasteiger partial charge in [0.25, 0.3) is 0 Å². The zero-order valence-corrected chi connectivity index (χ0v) is 8.56. The van der Waals surface area contributed by atoms with Crippen LogP contribution in [-0.4, -0.2) is 7.25 Å². The van der Waals surface area contributed by atoms with Crippen molar-refractivity contribution in [3.05, 3.63) is 33.5 Å². The summed E-state index contributed by atoms with van der Waals surface area (Å²) in [5.41, 5.74) is -0.0608. The van der Waals surface area contributed by atoms with Gasteiger partial charge in [-0.25, -0.2) is 0 Å². The van der Waals surface area contributed by atoms with E-state index in [1.54, 1.807) is 0 Å². The first-order valence-corrected chi connectivity index (χ1v) is 4.21. The largest absolute Gasteiger partial charge is 0.673 e. The predicted octanol–water partition coefficient (Wildman–Crippen LogP) is 4.37. The Labute approximate surface area is 89.9 Å². The molecule has 0 bridgehead atoms. The lowest BCUT2D eigenvalue weighted by molar-refractivity contribution is 0.368. The summed E-state index contributed by atoms with van der Waals surface area (Å²) in [6.07, 6.45) is 0. The molecule has 82 valence electrons. The maximum atomic E-state index is 12.5. The summed E-state index contributed by atoms with van der Waals surface area (Å²) in [6.45, 7) is 0. The van der Waals surface area contributed by atoms with Crippen LogP contribution >= 0.6 is 15.9 Å². The third-order valence-corrected chi connectivity index (χ3v) is 1.51. The molecule has 2 nitrogen and oxygen atoms in total. The fourth-order valence-corrected chi connectivity index (χ4v) is 0.911. The zero-order valence-electron chi connectivity index (χ0n) is 6.97. The van der Waals surface area contributed by atoms with Gasteiger partial charge in [-0.15, -0.1) is 0 Å². The molecule has 0 aromatic heterocycles. The van der Waals surface area contributed by atoms with Gasteiger partial charge < -0.3 is 17.3 Å². The van der Waals surface area contributed by atoms with Crippen molar-refractivity contribution in [3.63, 3.8) is 0 Å². The van der Waals surface area contributed by atoms with Gasteiger partial charge in [-0.1, -0.05) is 15.9 Å². The molecule has 9 heteroatoms. The Morgan fingerprint density at radius 3 is 2.00 bits per heavy atom. The minimum absolute atomic E-state index is 0.0608. The highest BCUT2D eigenvalue weighted by Crippen LogP contribution is 2.21. The number of hydrogen-bond donors (Lipinski definition) is 0. The molecule has 0 aliphatic rings. The van der Waals surface area contributed by atoms with Crippen LogP contribution in [-0.2, 0) is 0 Å². The minimum Gasteiger partial charge on any atom is -0.418 e. The molecular formula is C6H3BBrF5N2. The van der Waals surface area contributed by atoms with Crippen LogP contribution in [0.2, 0.25) is 0 Å². The Hall–Kier alpha value is -1.17. The molecule has 0 heterocycles. The van der Waals surface area contributed by atoms with E-state index in [0.29, 0.717) is 4.47 Å². The quantitative estimate of drug-likeness (QED) is 0.396. The average Bonchev–Trinajstić information content (AvgIpc) is 2.06. The third kappa shape index (κ3) is 7.87. The molecule has 0 atom stereocenters. The van der Waals surface area contributed by atoms with E-state index >= 15 is 0 Å². The van der Waals surface area contributed by atoms with Crippen molar-refractivity contribution in [1.29, 1.82) is 5.39 Å². The summed E-state index contributed by atoms with van der Waals surface area (Å²) in [4.78, 5) is 2.73. The summed E-state index contributed by atoms with van der Waals surface area (Å²) in [5.74, 6) is -0.536. The van der Waals surface area contributed by atoms with Gasteiger partial charge in [0.2, 0.25) is 11.2 Å². The van der Waals surface area contributed by atoms with Gasteiger partial charge in [-0.05, 0) is 12.1 Å². The zero-order chi connectivity index (χ0) is 12.1. The second-order valence-corrected chi connectivity index (χ2v) is 3.11. The molecular weight excluding hydrogens is 286 g/mol. The van der Waals surface area contributed by atoms with Gasteiger partial charge in [0.15, 0.2) is 4.98 Å². The van der Waals surface area contributed by atoms with E-state index in [9.17, 15) is 21.7 Å². The molecule has 0 fully saturated rings. The highest BCUT2D eigenvalue weighted by molar-refractivity contribution is 9.10. The van der Waals surface area contributed by atoms with Crippen LogP contribution in [0.5, 0.6) is 0 Å². The van der Waals surface area contributed by atoms with E-state index < -0.39 is 13.1 Å². The van der Waals surface area contributed by atoms with Crippen molar-refractivity contribution in [1.82, 2.24) is 0 Å². The van der Waals surface area contributed by atoms with Crippen molar-refractivity contribution in [2.45, 2.75) is 0 Å². The molecule has 0 amide bonds. The van der Waals surface area contributed by atoms with E-state index in [1.807, 2.05) is 0 Å². The van der Waals surface area contributed by atoms with Crippen LogP contribution < -0.4 is 0 Å². The lowest BCUT2D eigenvalue weighted by Crippen LogP contribution is -2.02. The van der Waals surface area contributed by atoms with E-state index in [4.69, 9.17) is 5.39 Å². The summed E-state index contributed by atoms with van der Waals surface area (Å²) >= 11 is 3.10. The second kappa shape index (κ2) is 5.65. The maximum Gasteiger partial charge on any atom is 0.673 e. The molecule has 15 heavy (non-hydrogen) atoms. The van der Waals surface area contributed by atoms with Crippen molar-refractivity contribution in [3.8, 4) is 0 Å². The van der Waals surface area contributed by atoms with E-state index in [1.165, 1.54) is 18.2 Å². The van der Waals surface area contributed by atoms with Gasteiger partial charge in [-0.2, -0.15) is 4.39 Å². The fourth-order valence-electron chi connectivity index (χ4n) is 0.562. The third-order valence-electron chi connectivity index (χ3n) is 1.02. The summed E-state index contributed by atoms with van der Waals surface area (Å²) < 4.78 is 52.2. The van der Waals surface area contributed by atoms with E-state index in [2.05, 4.69) is 20.9 Å².